The molecule has 0 saturated heterocycles. The smallest absolute Gasteiger partial charge is 0.0424 e. The van der Waals surface area contributed by atoms with Gasteiger partial charge in [0, 0.05) is 22.6 Å². The van der Waals surface area contributed by atoms with Crippen LogP contribution in [-0.4, -0.2) is 0 Å². The first-order chi connectivity index (χ1) is 14.7. The molecule has 0 nitrogen and oxygen atoms in total. The van der Waals surface area contributed by atoms with Crippen LogP contribution in [0, 0.1) is 41.4 Å². The van der Waals surface area contributed by atoms with Crippen LogP contribution in [0.1, 0.15) is 38.7 Å². The van der Waals surface area contributed by atoms with Gasteiger partial charge in [0.25, 0.3) is 0 Å². The highest BCUT2D eigenvalue weighted by molar-refractivity contribution is 5.55. The summed E-state index contributed by atoms with van der Waals surface area (Å²) in [5.74, 6) is 14.9. The first-order valence-corrected chi connectivity index (χ1v) is 10.9. The van der Waals surface area contributed by atoms with E-state index < -0.39 is 0 Å². The maximum Gasteiger partial charge on any atom is 0.0424 e. The third-order valence-electron chi connectivity index (χ3n) is 5.91. The van der Waals surface area contributed by atoms with E-state index in [-0.39, 0.29) is 0 Å². The maximum absolute atomic E-state index is 3.43. The molecule has 0 spiro atoms. The minimum atomic E-state index is 0.336. The Kier molecular flexibility index (Phi) is 6.37. The molecular weight excluding hydrogens is 360 g/mol. The van der Waals surface area contributed by atoms with Gasteiger partial charge in [0.1, 0.15) is 0 Å². The Morgan fingerprint density at radius 1 is 0.733 bits per heavy atom. The summed E-state index contributed by atoms with van der Waals surface area (Å²) in [6.07, 6.45) is 20.9. The molecule has 3 aliphatic carbocycles. The molecule has 3 aliphatic rings. The highest BCUT2D eigenvalue weighted by Gasteiger charge is 2.22. The molecule has 0 saturated carbocycles. The highest BCUT2D eigenvalue weighted by Crippen LogP contribution is 2.37. The molecule has 0 bridgehead atoms. The van der Waals surface area contributed by atoms with Crippen molar-refractivity contribution in [1.82, 2.24) is 0 Å². The van der Waals surface area contributed by atoms with E-state index in [1.807, 2.05) is 18.2 Å². The zero-order chi connectivity index (χ0) is 20.8. The van der Waals surface area contributed by atoms with Crippen LogP contribution in [-0.2, 0) is 0 Å². The standard InChI is InChI=1S/C30H28/c1-23-13-15-27(19-17-25-9-5-3-6-10-25)21-29(23)30-22-28(16-14-24(30)2)20-18-26-11-7-4-8-12-26/h3-11,15-16,21-24,26H,12-14H2,1-2H3. The lowest BCUT2D eigenvalue weighted by Crippen LogP contribution is -2.13. The normalized spacial score (nSPS) is 24.9. The molecule has 3 atom stereocenters. The van der Waals surface area contributed by atoms with Gasteiger partial charge in [-0.1, -0.05) is 92.2 Å². The van der Waals surface area contributed by atoms with Crippen molar-refractivity contribution in [3.05, 3.63) is 107 Å². The predicted molar refractivity (Wildman–Crippen MR) is 127 cm³/mol. The molecule has 0 heteroatoms. The molecule has 1 aromatic rings. The minimum Gasteiger partial charge on any atom is -0.0900 e. The van der Waals surface area contributed by atoms with Gasteiger partial charge in [-0.2, -0.15) is 0 Å². The first-order valence-electron chi connectivity index (χ1n) is 10.9. The third kappa shape index (κ3) is 5.03. The summed E-state index contributed by atoms with van der Waals surface area (Å²) in [4.78, 5) is 0. The van der Waals surface area contributed by atoms with E-state index in [1.54, 1.807) is 0 Å². The summed E-state index contributed by atoms with van der Waals surface area (Å²) in [5, 5.41) is 0. The van der Waals surface area contributed by atoms with E-state index >= 15 is 0 Å². The Balaban J connectivity index is 1.57. The van der Waals surface area contributed by atoms with E-state index in [4.69, 9.17) is 0 Å². The first kappa shape index (κ1) is 20.1. The van der Waals surface area contributed by atoms with Gasteiger partial charge in [-0.15, -0.1) is 0 Å². The lowest BCUT2D eigenvalue weighted by atomic mass is 9.77. The summed E-state index contributed by atoms with van der Waals surface area (Å²) in [6, 6.07) is 10.2. The van der Waals surface area contributed by atoms with Crippen molar-refractivity contribution in [2.24, 2.45) is 17.8 Å². The van der Waals surface area contributed by atoms with Crippen molar-refractivity contribution < 1.29 is 0 Å². The molecule has 0 aliphatic heterocycles. The van der Waals surface area contributed by atoms with Crippen LogP contribution in [0.4, 0.5) is 0 Å². The van der Waals surface area contributed by atoms with Crippen molar-refractivity contribution >= 4 is 0 Å². The number of hydrogen-bond acceptors (Lipinski definition) is 0. The highest BCUT2D eigenvalue weighted by atomic mass is 14.3. The lowest BCUT2D eigenvalue weighted by molar-refractivity contribution is 0.623. The zero-order valence-corrected chi connectivity index (χ0v) is 17.9. The van der Waals surface area contributed by atoms with Crippen molar-refractivity contribution in [2.45, 2.75) is 33.1 Å². The molecule has 148 valence electrons. The summed E-state index contributed by atoms with van der Waals surface area (Å²) in [6.45, 7) is 4.64. The monoisotopic (exact) mass is 388 g/mol. The number of benzene rings is 1. The molecule has 30 heavy (non-hydrogen) atoms. The summed E-state index contributed by atoms with van der Waals surface area (Å²) >= 11 is 0. The third-order valence-corrected chi connectivity index (χ3v) is 5.91. The van der Waals surface area contributed by atoms with Crippen LogP contribution in [0.5, 0.6) is 0 Å². The van der Waals surface area contributed by atoms with Crippen LogP contribution in [0.3, 0.4) is 0 Å². The fourth-order valence-electron chi connectivity index (χ4n) is 4.04. The summed E-state index contributed by atoms with van der Waals surface area (Å²) in [5.41, 5.74) is 6.20. The van der Waals surface area contributed by atoms with E-state index in [0.29, 0.717) is 17.8 Å². The topological polar surface area (TPSA) is 0 Å². The van der Waals surface area contributed by atoms with Gasteiger partial charge in [0.2, 0.25) is 0 Å². The average molecular weight is 389 g/mol. The molecule has 0 fully saturated rings. The number of rotatable bonds is 1. The van der Waals surface area contributed by atoms with Crippen molar-refractivity contribution in [2.75, 3.05) is 0 Å². The van der Waals surface area contributed by atoms with E-state index in [1.165, 1.54) is 11.1 Å². The Labute approximate surface area is 181 Å². The van der Waals surface area contributed by atoms with Crippen molar-refractivity contribution in [3.8, 4) is 23.7 Å². The SMILES string of the molecule is CC1CC=C(C#Cc2ccccc2)C=C1C1=CC(C#CC2C=CC=CC2)=CCC1C. The van der Waals surface area contributed by atoms with E-state index in [9.17, 15) is 0 Å². The van der Waals surface area contributed by atoms with Gasteiger partial charge in [-0.05, 0) is 66.5 Å². The quantitative estimate of drug-likeness (QED) is 0.456. The van der Waals surface area contributed by atoms with Gasteiger partial charge in [-0.25, -0.2) is 0 Å². The number of allylic oxidation sites excluding steroid dienone is 12. The Morgan fingerprint density at radius 2 is 1.40 bits per heavy atom. The fourth-order valence-corrected chi connectivity index (χ4v) is 4.04. The van der Waals surface area contributed by atoms with Crippen LogP contribution < -0.4 is 0 Å². The second kappa shape index (κ2) is 9.52. The molecule has 0 N–H and O–H groups in total. The fraction of sp³-hybridized carbons (Fsp3) is 0.267. The Bertz CT molecular complexity index is 1090. The molecule has 0 aromatic heterocycles. The molecule has 0 amide bonds. The second-order valence-corrected chi connectivity index (χ2v) is 8.33. The average Bonchev–Trinajstić information content (AvgIpc) is 2.79. The van der Waals surface area contributed by atoms with Gasteiger partial charge < -0.3 is 0 Å². The van der Waals surface area contributed by atoms with Crippen molar-refractivity contribution in [3.63, 3.8) is 0 Å². The zero-order valence-electron chi connectivity index (χ0n) is 17.9. The van der Waals surface area contributed by atoms with Gasteiger partial charge >= 0.3 is 0 Å². The van der Waals surface area contributed by atoms with Gasteiger partial charge in [-0.3, -0.25) is 0 Å². The number of hydrogen-bond donors (Lipinski definition) is 0. The molecule has 1 aromatic carbocycles. The van der Waals surface area contributed by atoms with E-state index in [2.05, 4.69) is 98.3 Å². The van der Waals surface area contributed by atoms with E-state index in [0.717, 1.165) is 36.0 Å². The Morgan fingerprint density at radius 3 is 2.03 bits per heavy atom. The Hall–Kier alpha value is -3.22. The lowest BCUT2D eigenvalue weighted by Gasteiger charge is -2.27. The molecule has 0 heterocycles. The van der Waals surface area contributed by atoms with Crippen LogP contribution in [0.15, 0.2) is 101 Å². The largest absolute Gasteiger partial charge is 0.0900 e. The van der Waals surface area contributed by atoms with Crippen LogP contribution in [0.25, 0.3) is 0 Å². The van der Waals surface area contributed by atoms with Crippen LogP contribution in [0.2, 0.25) is 0 Å². The predicted octanol–water partition coefficient (Wildman–Crippen LogP) is 6.96. The maximum atomic E-state index is 3.43. The van der Waals surface area contributed by atoms with Gasteiger partial charge in [0.05, 0.1) is 0 Å². The van der Waals surface area contributed by atoms with Crippen molar-refractivity contribution in [1.29, 1.82) is 0 Å². The molecule has 3 unspecified atom stereocenters. The minimum absolute atomic E-state index is 0.336. The second-order valence-electron chi connectivity index (χ2n) is 8.33. The molecule has 4 rings (SSSR count). The summed E-state index contributed by atoms with van der Waals surface area (Å²) < 4.78 is 0. The molecular formula is C30H28. The molecule has 0 radical (unpaired) electrons. The summed E-state index contributed by atoms with van der Waals surface area (Å²) in [7, 11) is 0. The van der Waals surface area contributed by atoms with Crippen LogP contribution >= 0.6 is 0 Å². The van der Waals surface area contributed by atoms with Gasteiger partial charge in [0.15, 0.2) is 0 Å².